The summed E-state index contributed by atoms with van der Waals surface area (Å²) in [6.45, 7) is 3.04. The number of phenolic OH excluding ortho intramolecular Hbond substituents is 1. The number of aliphatic hydroxyl groups excluding tert-OH is 1. The van der Waals surface area contributed by atoms with Crippen molar-refractivity contribution in [2.75, 3.05) is 13.2 Å². The van der Waals surface area contributed by atoms with Crippen molar-refractivity contribution in [3.8, 4) is 5.75 Å². The minimum atomic E-state index is -0.425. The van der Waals surface area contributed by atoms with Crippen molar-refractivity contribution >= 4 is 0 Å². The third-order valence-electron chi connectivity index (χ3n) is 4.45. The van der Waals surface area contributed by atoms with E-state index in [0.717, 1.165) is 25.5 Å². The Morgan fingerprint density at radius 3 is 2.65 bits per heavy atom. The molecule has 0 bridgehead atoms. The van der Waals surface area contributed by atoms with Gasteiger partial charge in [-0.05, 0) is 44.2 Å². The molecule has 3 unspecified atom stereocenters. The number of aliphatic hydroxyl groups is 1. The summed E-state index contributed by atoms with van der Waals surface area (Å²) < 4.78 is 13.0. The number of halogens is 1. The number of hydrogen-bond acceptors (Lipinski definition) is 3. The maximum Gasteiger partial charge on any atom is 0.126 e. The van der Waals surface area contributed by atoms with E-state index >= 15 is 0 Å². The second-order valence-corrected chi connectivity index (χ2v) is 5.82. The van der Waals surface area contributed by atoms with E-state index in [1.807, 2.05) is 6.92 Å². The molecule has 1 aromatic carbocycles. The number of rotatable bonds is 5. The first-order chi connectivity index (χ1) is 9.61. The minimum absolute atomic E-state index is 0.00708. The summed E-state index contributed by atoms with van der Waals surface area (Å²) in [5.41, 5.74) is 0.711. The Balaban J connectivity index is 1.92. The zero-order valence-corrected chi connectivity index (χ0v) is 12.0. The Kier molecular flexibility index (Phi) is 5.38. The second kappa shape index (κ2) is 7.04. The molecule has 2 rings (SSSR count). The maximum atomic E-state index is 13.0. The molecule has 0 radical (unpaired) electrons. The van der Waals surface area contributed by atoms with Crippen LogP contribution >= 0.6 is 0 Å². The largest absolute Gasteiger partial charge is 0.508 e. The van der Waals surface area contributed by atoms with Gasteiger partial charge < -0.3 is 15.5 Å². The summed E-state index contributed by atoms with van der Waals surface area (Å²) in [5.74, 6) is 0.433. The van der Waals surface area contributed by atoms with Gasteiger partial charge in [0.2, 0.25) is 0 Å². The number of hydrogen-bond donors (Lipinski definition) is 3. The highest BCUT2D eigenvalue weighted by Gasteiger charge is 2.24. The van der Waals surface area contributed by atoms with Gasteiger partial charge >= 0.3 is 0 Å². The first-order valence-corrected chi connectivity index (χ1v) is 7.44. The summed E-state index contributed by atoms with van der Waals surface area (Å²) in [4.78, 5) is 0. The third kappa shape index (κ3) is 3.70. The molecule has 0 aromatic heterocycles. The highest BCUT2D eigenvalue weighted by molar-refractivity contribution is 5.34. The van der Waals surface area contributed by atoms with Crippen LogP contribution in [0.2, 0.25) is 0 Å². The summed E-state index contributed by atoms with van der Waals surface area (Å²) in [6.07, 6.45) is 4.66. The Morgan fingerprint density at radius 2 is 2.00 bits per heavy atom. The first kappa shape index (κ1) is 15.3. The van der Waals surface area contributed by atoms with Gasteiger partial charge in [-0.2, -0.15) is 0 Å². The Morgan fingerprint density at radius 1 is 1.30 bits per heavy atom. The lowest BCUT2D eigenvalue weighted by Crippen LogP contribution is -2.33. The number of benzene rings is 1. The van der Waals surface area contributed by atoms with Crippen LogP contribution in [0, 0.1) is 17.7 Å². The van der Waals surface area contributed by atoms with Crippen molar-refractivity contribution < 1.29 is 14.6 Å². The van der Waals surface area contributed by atoms with Gasteiger partial charge in [0.05, 0.1) is 0 Å². The Labute approximate surface area is 119 Å². The van der Waals surface area contributed by atoms with Crippen molar-refractivity contribution in [2.45, 2.75) is 38.6 Å². The molecule has 3 nitrogen and oxygen atoms in total. The molecule has 1 fully saturated rings. The van der Waals surface area contributed by atoms with E-state index in [1.54, 1.807) is 6.07 Å². The molecule has 3 atom stereocenters. The highest BCUT2D eigenvalue weighted by Crippen LogP contribution is 2.30. The number of phenols is 1. The summed E-state index contributed by atoms with van der Waals surface area (Å²) >= 11 is 0. The van der Waals surface area contributed by atoms with E-state index < -0.39 is 5.82 Å². The van der Waals surface area contributed by atoms with Crippen LogP contribution < -0.4 is 5.32 Å². The second-order valence-electron chi connectivity index (χ2n) is 5.82. The van der Waals surface area contributed by atoms with E-state index in [9.17, 15) is 14.6 Å². The minimum Gasteiger partial charge on any atom is -0.508 e. The van der Waals surface area contributed by atoms with Crippen molar-refractivity contribution in [2.24, 2.45) is 11.8 Å². The smallest absolute Gasteiger partial charge is 0.126 e. The highest BCUT2D eigenvalue weighted by atomic mass is 19.1. The fraction of sp³-hybridized carbons (Fsp3) is 0.625. The molecule has 0 saturated heterocycles. The van der Waals surface area contributed by atoms with Crippen LogP contribution in [0.15, 0.2) is 18.2 Å². The van der Waals surface area contributed by atoms with Crippen LogP contribution in [-0.2, 0) is 0 Å². The zero-order chi connectivity index (χ0) is 14.5. The molecule has 1 aromatic rings. The van der Waals surface area contributed by atoms with Crippen LogP contribution in [0.1, 0.15) is 44.2 Å². The molecule has 1 saturated carbocycles. The molecule has 1 aliphatic rings. The normalized spacial score (nSPS) is 24.6. The zero-order valence-electron chi connectivity index (χ0n) is 12.0. The third-order valence-corrected chi connectivity index (χ3v) is 4.45. The van der Waals surface area contributed by atoms with Gasteiger partial charge in [-0.25, -0.2) is 4.39 Å². The molecule has 3 N–H and O–H groups in total. The molecule has 0 spiro atoms. The topological polar surface area (TPSA) is 52.5 Å². The molecule has 0 heterocycles. The Hall–Kier alpha value is -1.13. The summed E-state index contributed by atoms with van der Waals surface area (Å²) in [7, 11) is 0. The average Bonchev–Trinajstić information content (AvgIpc) is 2.45. The van der Waals surface area contributed by atoms with Crippen molar-refractivity contribution in [3.05, 3.63) is 29.6 Å². The van der Waals surface area contributed by atoms with Gasteiger partial charge in [0.25, 0.3) is 0 Å². The average molecular weight is 281 g/mol. The molecule has 0 aliphatic heterocycles. The Bertz CT molecular complexity index is 438. The first-order valence-electron chi connectivity index (χ1n) is 7.44. The predicted molar refractivity (Wildman–Crippen MR) is 77.0 cm³/mol. The molecule has 20 heavy (non-hydrogen) atoms. The van der Waals surface area contributed by atoms with Crippen molar-refractivity contribution in [1.82, 2.24) is 5.32 Å². The van der Waals surface area contributed by atoms with Gasteiger partial charge in [-0.3, -0.25) is 0 Å². The molecular formula is C16H24FNO2. The quantitative estimate of drug-likeness (QED) is 0.777. The molecular weight excluding hydrogens is 257 g/mol. The van der Waals surface area contributed by atoms with Crippen molar-refractivity contribution in [1.29, 1.82) is 0 Å². The lowest BCUT2D eigenvalue weighted by Gasteiger charge is -2.31. The molecule has 1 aliphatic carbocycles. The predicted octanol–water partition coefficient (Wildman–Crippen LogP) is 2.98. The van der Waals surface area contributed by atoms with Crippen LogP contribution in [0.25, 0.3) is 0 Å². The van der Waals surface area contributed by atoms with E-state index in [2.05, 4.69) is 5.32 Å². The van der Waals surface area contributed by atoms with Gasteiger partial charge in [-0.1, -0.05) is 18.9 Å². The molecule has 112 valence electrons. The lowest BCUT2D eigenvalue weighted by atomic mass is 9.79. The van der Waals surface area contributed by atoms with Gasteiger partial charge in [0, 0.05) is 24.3 Å². The summed E-state index contributed by atoms with van der Waals surface area (Å²) in [5, 5.41) is 22.6. The monoisotopic (exact) mass is 281 g/mol. The van der Waals surface area contributed by atoms with E-state index in [4.69, 9.17) is 0 Å². The number of aromatic hydroxyl groups is 1. The summed E-state index contributed by atoms with van der Waals surface area (Å²) in [6, 6.07) is 4.10. The SMILES string of the molecule is CC(NCC1CCCCC1CO)c1ccc(F)cc1O. The maximum absolute atomic E-state index is 13.0. The van der Waals surface area contributed by atoms with Crippen LogP contribution in [0.5, 0.6) is 5.75 Å². The fourth-order valence-electron chi connectivity index (χ4n) is 3.11. The van der Waals surface area contributed by atoms with Crippen LogP contribution in [-0.4, -0.2) is 23.4 Å². The van der Waals surface area contributed by atoms with Gasteiger partial charge in [0.15, 0.2) is 0 Å². The lowest BCUT2D eigenvalue weighted by molar-refractivity contribution is 0.131. The van der Waals surface area contributed by atoms with Crippen LogP contribution in [0.4, 0.5) is 4.39 Å². The van der Waals surface area contributed by atoms with E-state index in [1.165, 1.54) is 18.9 Å². The number of nitrogens with one attached hydrogen (secondary N) is 1. The van der Waals surface area contributed by atoms with Gasteiger partial charge in [-0.15, -0.1) is 0 Å². The molecule has 0 amide bonds. The van der Waals surface area contributed by atoms with Crippen molar-refractivity contribution in [3.63, 3.8) is 0 Å². The van der Waals surface area contributed by atoms with Gasteiger partial charge in [0.1, 0.15) is 11.6 Å². The fourth-order valence-corrected chi connectivity index (χ4v) is 3.11. The standard InChI is InChI=1S/C16H24FNO2/c1-11(15-7-6-14(17)8-16(15)20)18-9-12-4-2-3-5-13(12)10-19/h6-8,11-13,18-20H,2-5,9-10H2,1H3. The van der Waals surface area contributed by atoms with Crippen LogP contribution in [0.3, 0.4) is 0 Å². The van der Waals surface area contributed by atoms with E-state index in [0.29, 0.717) is 17.4 Å². The molecule has 4 heteroatoms. The van der Waals surface area contributed by atoms with E-state index in [-0.39, 0.29) is 18.4 Å².